The van der Waals surface area contributed by atoms with Crippen LogP contribution in [0.25, 0.3) is 0 Å². The highest BCUT2D eigenvalue weighted by atomic mass is 16.6. The standard InChI is InChI=1S/C13H23N3O3/c1-13(2,3)19-12(17)16-9-4-5-10(16)7-8(6-9)11(14)15-18/h8-10,18H,4-7H2,1-3H3,(H2,14,15)/t9-,10-/m0/s1. The van der Waals surface area contributed by atoms with Gasteiger partial charge >= 0.3 is 6.09 Å². The first-order valence-electron chi connectivity index (χ1n) is 6.80. The first kappa shape index (κ1) is 14.0. The van der Waals surface area contributed by atoms with Crippen molar-refractivity contribution >= 4 is 11.9 Å². The zero-order chi connectivity index (χ0) is 14.2. The zero-order valence-corrected chi connectivity index (χ0v) is 11.8. The quantitative estimate of drug-likeness (QED) is 0.329. The van der Waals surface area contributed by atoms with Crippen LogP contribution in [0.1, 0.15) is 46.5 Å². The second-order valence-corrected chi connectivity index (χ2v) is 6.47. The van der Waals surface area contributed by atoms with Crippen molar-refractivity contribution in [2.75, 3.05) is 0 Å². The number of fused-ring (bicyclic) bond motifs is 2. The molecule has 0 aromatic heterocycles. The average Bonchev–Trinajstić information content (AvgIpc) is 2.57. The van der Waals surface area contributed by atoms with E-state index in [0.717, 1.165) is 25.7 Å². The van der Waals surface area contributed by atoms with Crippen molar-refractivity contribution < 1.29 is 14.7 Å². The molecule has 6 nitrogen and oxygen atoms in total. The number of piperidine rings is 1. The molecule has 0 radical (unpaired) electrons. The second-order valence-electron chi connectivity index (χ2n) is 6.47. The Bertz CT molecular complexity index is 375. The Morgan fingerprint density at radius 3 is 2.26 bits per heavy atom. The molecular weight excluding hydrogens is 246 g/mol. The van der Waals surface area contributed by atoms with Gasteiger partial charge in [-0.3, -0.25) is 0 Å². The topological polar surface area (TPSA) is 88.2 Å². The van der Waals surface area contributed by atoms with Crippen LogP contribution in [0.2, 0.25) is 0 Å². The van der Waals surface area contributed by atoms with Crippen LogP contribution in [0, 0.1) is 5.92 Å². The van der Waals surface area contributed by atoms with Crippen LogP contribution in [0.3, 0.4) is 0 Å². The number of carbonyl (C=O) groups excluding carboxylic acids is 1. The Balaban J connectivity index is 2.05. The summed E-state index contributed by atoms with van der Waals surface area (Å²) in [6.07, 6.45) is 3.22. The average molecular weight is 269 g/mol. The van der Waals surface area contributed by atoms with Crippen molar-refractivity contribution in [2.24, 2.45) is 16.8 Å². The SMILES string of the molecule is CC(C)(C)OC(=O)N1[C@H]2CC[C@H]1CC(C(N)=NO)C2. The van der Waals surface area contributed by atoms with Gasteiger partial charge in [-0.1, -0.05) is 5.16 Å². The maximum atomic E-state index is 12.2. The van der Waals surface area contributed by atoms with Crippen LogP contribution in [-0.2, 0) is 4.74 Å². The second kappa shape index (κ2) is 4.90. The summed E-state index contributed by atoms with van der Waals surface area (Å²) in [7, 11) is 0. The lowest BCUT2D eigenvalue weighted by Gasteiger charge is -2.39. The fourth-order valence-corrected chi connectivity index (χ4v) is 3.11. The van der Waals surface area contributed by atoms with Gasteiger partial charge in [-0.05, 0) is 46.5 Å². The molecular formula is C13H23N3O3. The van der Waals surface area contributed by atoms with Crippen LogP contribution in [-0.4, -0.2) is 39.7 Å². The number of amides is 1. The van der Waals surface area contributed by atoms with Gasteiger partial charge in [0.2, 0.25) is 0 Å². The van der Waals surface area contributed by atoms with Crippen molar-refractivity contribution in [3.63, 3.8) is 0 Å². The molecule has 3 N–H and O–H groups in total. The Labute approximate surface area is 113 Å². The molecule has 6 heteroatoms. The van der Waals surface area contributed by atoms with Crippen molar-refractivity contribution in [3.05, 3.63) is 0 Å². The van der Waals surface area contributed by atoms with Crippen LogP contribution < -0.4 is 5.73 Å². The maximum absolute atomic E-state index is 12.2. The third kappa shape index (κ3) is 2.93. The van der Waals surface area contributed by atoms with Gasteiger partial charge in [-0.25, -0.2) is 4.79 Å². The van der Waals surface area contributed by atoms with Gasteiger partial charge in [-0.2, -0.15) is 0 Å². The third-order valence-corrected chi connectivity index (χ3v) is 3.87. The molecule has 1 amide bonds. The summed E-state index contributed by atoms with van der Waals surface area (Å²) < 4.78 is 5.46. The fraction of sp³-hybridized carbons (Fsp3) is 0.846. The summed E-state index contributed by atoms with van der Waals surface area (Å²) in [5.74, 6) is 0.349. The van der Waals surface area contributed by atoms with Crippen LogP contribution in [0.5, 0.6) is 0 Å². The largest absolute Gasteiger partial charge is 0.444 e. The predicted octanol–water partition coefficient (Wildman–Crippen LogP) is 1.91. The zero-order valence-electron chi connectivity index (χ0n) is 11.8. The number of hydrogen-bond donors (Lipinski definition) is 2. The normalized spacial score (nSPS) is 31.4. The highest BCUT2D eigenvalue weighted by Gasteiger charge is 2.45. The lowest BCUT2D eigenvalue weighted by molar-refractivity contribution is 0.00515. The molecule has 0 spiro atoms. The molecule has 0 unspecified atom stereocenters. The van der Waals surface area contributed by atoms with E-state index in [2.05, 4.69) is 5.16 Å². The number of ether oxygens (including phenoxy) is 1. The molecule has 19 heavy (non-hydrogen) atoms. The summed E-state index contributed by atoms with van der Waals surface area (Å²) in [4.78, 5) is 14.1. The lowest BCUT2D eigenvalue weighted by Crippen LogP contribution is -2.50. The lowest BCUT2D eigenvalue weighted by atomic mass is 9.90. The Hall–Kier alpha value is -1.46. The monoisotopic (exact) mass is 269 g/mol. The van der Waals surface area contributed by atoms with Crippen molar-refractivity contribution in [2.45, 2.75) is 64.1 Å². The Kier molecular flexibility index (Phi) is 3.60. The molecule has 2 rings (SSSR count). The number of hydrogen-bond acceptors (Lipinski definition) is 4. The molecule has 2 aliphatic rings. The van der Waals surface area contributed by atoms with Crippen molar-refractivity contribution in [3.8, 4) is 0 Å². The first-order valence-corrected chi connectivity index (χ1v) is 6.80. The molecule has 2 saturated heterocycles. The molecule has 2 heterocycles. The molecule has 2 bridgehead atoms. The first-order chi connectivity index (χ1) is 8.81. The van der Waals surface area contributed by atoms with E-state index in [9.17, 15) is 4.79 Å². The number of amidine groups is 1. The van der Waals surface area contributed by atoms with Gasteiger partial charge < -0.3 is 20.6 Å². The number of nitrogens with zero attached hydrogens (tertiary/aromatic N) is 2. The summed E-state index contributed by atoms with van der Waals surface area (Å²) in [6.45, 7) is 5.61. The molecule has 0 aromatic rings. The molecule has 0 saturated carbocycles. The van der Waals surface area contributed by atoms with Crippen LogP contribution in [0.4, 0.5) is 4.79 Å². The molecule has 2 atom stereocenters. The van der Waals surface area contributed by atoms with E-state index in [1.165, 1.54) is 0 Å². The summed E-state index contributed by atoms with van der Waals surface area (Å²) in [6, 6.07) is 0.304. The van der Waals surface area contributed by atoms with E-state index in [1.807, 2.05) is 25.7 Å². The van der Waals surface area contributed by atoms with E-state index < -0.39 is 5.60 Å². The van der Waals surface area contributed by atoms with Crippen molar-refractivity contribution in [1.82, 2.24) is 4.90 Å². The van der Waals surface area contributed by atoms with Gasteiger partial charge in [0.25, 0.3) is 0 Å². The Morgan fingerprint density at radius 1 is 1.32 bits per heavy atom. The van der Waals surface area contributed by atoms with E-state index in [4.69, 9.17) is 15.7 Å². The van der Waals surface area contributed by atoms with Gasteiger partial charge in [0.05, 0.1) is 0 Å². The molecule has 108 valence electrons. The van der Waals surface area contributed by atoms with Crippen LogP contribution >= 0.6 is 0 Å². The number of carbonyl (C=O) groups is 1. The van der Waals surface area contributed by atoms with Crippen molar-refractivity contribution in [1.29, 1.82) is 0 Å². The van der Waals surface area contributed by atoms with Gasteiger partial charge in [0.1, 0.15) is 11.4 Å². The number of rotatable bonds is 1. The van der Waals surface area contributed by atoms with Gasteiger partial charge in [0.15, 0.2) is 0 Å². The molecule has 2 fully saturated rings. The minimum atomic E-state index is -0.473. The molecule has 2 aliphatic heterocycles. The molecule has 0 aromatic carbocycles. The predicted molar refractivity (Wildman–Crippen MR) is 71.0 cm³/mol. The minimum absolute atomic E-state index is 0.0705. The van der Waals surface area contributed by atoms with E-state index in [1.54, 1.807) is 0 Å². The summed E-state index contributed by atoms with van der Waals surface area (Å²) in [5, 5.41) is 11.9. The smallest absolute Gasteiger partial charge is 0.410 e. The highest BCUT2D eigenvalue weighted by molar-refractivity contribution is 5.83. The molecule has 0 aliphatic carbocycles. The van der Waals surface area contributed by atoms with Crippen LogP contribution in [0.15, 0.2) is 5.16 Å². The number of oxime groups is 1. The van der Waals surface area contributed by atoms with Gasteiger partial charge in [0, 0.05) is 18.0 Å². The van der Waals surface area contributed by atoms with E-state index in [0.29, 0.717) is 0 Å². The Morgan fingerprint density at radius 2 is 1.84 bits per heavy atom. The minimum Gasteiger partial charge on any atom is -0.444 e. The van der Waals surface area contributed by atoms with E-state index >= 15 is 0 Å². The number of nitrogens with two attached hydrogens (primary N) is 1. The fourth-order valence-electron chi connectivity index (χ4n) is 3.11. The van der Waals surface area contributed by atoms with Gasteiger partial charge in [-0.15, -0.1) is 0 Å². The highest BCUT2D eigenvalue weighted by Crippen LogP contribution is 2.39. The summed E-state index contributed by atoms with van der Waals surface area (Å²) >= 11 is 0. The van der Waals surface area contributed by atoms with E-state index in [-0.39, 0.29) is 29.9 Å². The summed E-state index contributed by atoms with van der Waals surface area (Å²) in [5.41, 5.74) is 5.22. The third-order valence-electron chi connectivity index (χ3n) is 3.87. The maximum Gasteiger partial charge on any atom is 0.410 e.